The second-order valence-electron chi connectivity index (χ2n) is 8.05. The normalized spacial score (nSPS) is 11.0. The van der Waals surface area contributed by atoms with Crippen LogP contribution in [0.15, 0.2) is 46.1 Å². The summed E-state index contributed by atoms with van der Waals surface area (Å²) in [5.74, 6) is 2.10. The van der Waals surface area contributed by atoms with E-state index in [9.17, 15) is 4.79 Å². The zero-order valence-corrected chi connectivity index (χ0v) is 19.9. The SMILES string of the molecule is Cc1cccc(-c2nc(SCc3noc(CCC(=O)Nc4c(C)cc(C)cc4C)n3)n[nH]2)c1. The van der Waals surface area contributed by atoms with Crippen molar-refractivity contribution in [2.75, 3.05) is 5.32 Å². The maximum atomic E-state index is 12.4. The minimum absolute atomic E-state index is 0.0800. The molecule has 0 aliphatic carbocycles. The molecule has 1 amide bonds. The number of anilines is 1. The van der Waals surface area contributed by atoms with E-state index in [1.54, 1.807) is 0 Å². The predicted molar refractivity (Wildman–Crippen MR) is 128 cm³/mol. The molecule has 4 rings (SSSR count). The molecule has 0 aliphatic rings. The van der Waals surface area contributed by atoms with Gasteiger partial charge in [-0.3, -0.25) is 9.89 Å². The zero-order chi connectivity index (χ0) is 23.4. The second kappa shape index (κ2) is 9.99. The summed E-state index contributed by atoms with van der Waals surface area (Å²) < 4.78 is 5.30. The highest BCUT2D eigenvalue weighted by Gasteiger charge is 2.13. The van der Waals surface area contributed by atoms with Crippen molar-refractivity contribution in [3.63, 3.8) is 0 Å². The number of carbonyl (C=O) groups excluding carboxylic acids is 1. The van der Waals surface area contributed by atoms with Crippen LogP contribution in [0.1, 0.15) is 40.4 Å². The van der Waals surface area contributed by atoms with Crippen LogP contribution >= 0.6 is 11.8 Å². The van der Waals surface area contributed by atoms with Crippen molar-refractivity contribution in [1.82, 2.24) is 25.3 Å². The molecule has 0 radical (unpaired) electrons. The molecule has 2 N–H and O–H groups in total. The highest BCUT2D eigenvalue weighted by Crippen LogP contribution is 2.23. The van der Waals surface area contributed by atoms with Gasteiger partial charge in [0.05, 0.1) is 5.75 Å². The molecule has 0 saturated heterocycles. The van der Waals surface area contributed by atoms with Gasteiger partial charge in [-0.25, -0.2) is 4.98 Å². The van der Waals surface area contributed by atoms with Crippen molar-refractivity contribution >= 4 is 23.4 Å². The summed E-state index contributed by atoms with van der Waals surface area (Å²) in [6, 6.07) is 12.2. The average molecular weight is 463 g/mol. The summed E-state index contributed by atoms with van der Waals surface area (Å²) in [5.41, 5.74) is 6.30. The Morgan fingerprint density at radius 1 is 1.06 bits per heavy atom. The third-order valence-electron chi connectivity index (χ3n) is 5.10. The van der Waals surface area contributed by atoms with E-state index in [1.165, 1.54) is 17.3 Å². The summed E-state index contributed by atoms with van der Waals surface area (Å²) >= 11 is 1.42. The van der Waals surface area contributed by atoms with Gasteiger partial charge in [0.15, 0.2) is 11.6 Å². The van der Waals surface area contributed by atoms with Gasteiger partial charge in [-0.2, -0.15) is 4.98 Å². The van der Waals surface area contributed by atoms with Gasteiger partial charge in [0.1, 0.15) is 0 Å². The molecule has 0 unspecified atom stereocenters. The van der Waals surface area contributed by atoms with Crippen LogP contribution in [0.4, 0.5) is 5.69 Å². The molecule has 2 aromatic carbocycles. The van der Waals surface area contributed by atoms with Crippen molar-refractivity contribution in [3.8, 4) is 11.4 Å². The molecule has 33 heavy (non-hydrogen) atoms. The van der Waals surface area contributed by atoms with Crippen LogP contribution in [-0.4, -0.2) is 31.2 Å². The lowest BCUT2D eigenvalue weighted by atomic mass is 10.0. The second-order valence-corrected chi connectivity index (χ2v) is 8.99. The minimum Gasteiger partial charge on any atom is -0.339 e. The fourth-order valence-corrected chi connectivity index (χ4v) is 4.25. The van der Waals surface area contributed by atoms with Gasteiger partial charge in [-0.05, 0) is 44.9 Å². The van der Waals surface area contributed by atoms with Crippen molar-refractivity contribution in [3.05, 3.63) is 70.4 Å². The number of nitrogens with zero attached hydrogens (tertiary/aromatic N) is 4. The van der Waals surface area contributed by atoms with Gasteiger partial charge in [0, 0.05) is 24.1 Å². The first-order valence-corrected chi connectivity index (χ1v) is 11.7. The quantitative estimate of drug-likeness (QED) is 0.356. The highest BCUT2D eigenvalue weighted by atomic mass is 32.2. The lowest BCUT2D eigenvalue weighted by Gasteiger charge is -2.12. The molecule has 170 valence electrons. The number of hydrogen-bond acceptors (Lipinski definition) is 7. The summed E-state index contributed by atoms with van der Waals surface area (Å²) in [5, 5.41) is 14.8. The average Bonchev–Trinajstić information content (AvgIpc) is 3.43. The molecule has 0 saturated carbocycles. The van der Waals surface area contributed by atoms with Crippen LogP contribution in [0.25, 0.3) is 11.4 Å². The minimum atomic E-state index is -0.0800. The van der Waals surface area contributed by atoms with E-state index in [1.807, 2.05) is 45.9 Å². The molecule has 0 aliphatic heterocycles. The Morgan fingerprint density at radius 3 is 2.61 bits per heavy atom. The monoisotopic (exact) mass is 462 g/mol. The molecule has 2 heterocycles. The van der Waals surface area contributed by atoms with Crippen LogP contribution < -0.4 is 5.32 Å². The fraction of sp³-hybridized carbons (Fsp3) is 0.292. The number of aromatic amines is 1. The van der Waals surface area contributed by atoms with Crippen LogP contribution in [0.2, 0.25) is 0 Å². The van der Waals surface area contributed by atoms with Gasteiger partial charge >= 0.3 is 0 Å². The van der Waals surface area contributed by atoms with E-state index in [-0.39, 0.29) is 12.3 Å². The number of rotatable bonds is 8. The van der Waals surface area contributed by atoms with E-state index in [0.29, 0.717) is 29.0 Å². The molecule has 0 spiro atoms. The van der Waals surface area contributed by atoms with Gasteiger partial charge in [0.25, 0.3) is 0 Å². The van der Waals surface area contributed by atoms with Crippen LogP contribution in [0, 0.1) is 27.7 Å². The smallest absolute Gasteiger partial charge is 0.227 e. The molecule has 2 aromatic heterocycles. The van der Waals surface area contributed by atoms with Crippen molar-refractivity contribution in [1.29, 1.82) is 0 Å². The molecular formula is C24H26N6O2S. The summed E-state index contributed by atoms with van der Waals surface area (Å²) in [4.78, 5) is 21.3. The largest absolute Gasteiger partial charge is 0.339 e. The first-order valence-electron chi connectivity index (χ1n) is 10.7. The number of H-pyrrole nitrogens is 1. The first kappa shape index (κ1) is 22.7. The Bertz CT molecular complexity index is 1260. The number of aromatic nitrogens is 5. The molecular weight excluding hydrogens is 436 g/mol. The van der Waals surface area contributed by atoms with E-state index >= 15 is 0 Å². The number of thioether (sulfide) groups is 1. The van der Waals surface area contributed by atoms with Crippen LogP contribution in [-0.2, 0) is 17.0 Å². The maximum absolute atomic E-state index is 12.4. The molecule has 4 aromatic rings. The molecule has 8 nitrogen and oxygen atoms in total. The van der Waals surface area contributed by atoms with E-state index in [2.05, 4.69) is 48.8 Å². The zero-order valence-electron chi connectivity index (χ0n) is 19.1. The number of hydrogen-bond donors (Lipinski definition) is 2. The molecule has 0 bridgehead atoms. The van der Waals surface area contributed by atoms with Crippen molar-refractivity contribution < 1.29 is 9.32 Å². The Labute approximate surface area is 196 Å². The van der Waals surface area contributed by atoms with Gasteiger partial charge in [-0.1, -0.05) is 58.4 Å². The summed E-state index contributed by atoms with van der Waals surface area (Å²) in [6.45, 7) is 8.07. The van der Waals surface area contributed by atoms with Crippen LogP contribution in [0.3, 0.4) is 0 Å². The van der Waals surface area contributed by atoms with Crippen molar-refractivity contribution in [2.24, 2.45) is 0 Å². The Hall–Kier alpha value is -3.46. The molecule has 9 heteroatoms. The Kier molecular flexibility index (Phi) is 6.88. The first-order chi connectivity index (χ1) is 15.9. The highest BCUT2D eigenvalue weighted by molar-refractivity contribution is 7.98. The fourth-order valence-electron chi connectivity index (χ4n) is 3.61. The van der Waals surface area contributed by atoms with Gasteiger partial charge < -0.3 is 9.84 Å². The lowest BCUT2D eigenvalue weighted by molar-refractivity contribution is -0.116. The molecule has 0 atom stereocenters. The van der Waals surface area contributed by atoms with Crippen molar-refractivity contribution in [2.45, 2.75) is 51.4 Å². The number of benzene rings is 2. The standard InChI is InChI=1S/C24H26N6O2S/c1-14-6-5-7-18(12-14)23-27-24(29-28-23)33-13-19-25-21(32-30-19)9-8-20(31)26-22-16(3)10-15(2)11-17(22)4/h5-7,10-12H,8-9,13H2,1-4H3,(H,26,31)(H,27,28,29). The van der Waals surface area contributed by atoms with Crippen LogP contribution in [0.5, 0.6) is 0 Å². The number of carbonyl (C=O) groups is 1. The predicted octanol–water partition coefficient (Wildman–Crippen LogP) is 4.95. The third kappa shape index (κ3) is 5.87. The maximum Gasteiger partial charge on any atom is 0.227 e. The summed E-state index contributed by atoms with van der Waals surface area (Å²) in [7, 11) is 0. The van der Waals surface area contributed by atoms with Gasteiger partial charge in [-0.15, -0.1) is 5.10 Å². The molecule has 0 fully saturated rings. The van der Waals surface area contributed by atoms with E-state index < -0.39 is 0 Å². The van der Waals surface area contributed by atoms with E-state index in [4.69, 9.17) is 4.52 Å². The topological polar surface area (TPSA) is 110 Å². The number of amides is 1. The van der Waals surface area contributed by atoms with Gasteiger partial charge in [0.2, 0.25) is 17.0 Å². The Morgan fingerprint density at radius 2 is 1.85 bits per heavy atom. The number of aryl methyl sites for hydroxylation is 5. The van der Waals surface area contributed by atoms with E-state index in [0.717, 1.165) is 33.8 Å². The number of nitrogens with one attached hydrogen (secondary N) is 2. The summed E-state index contributed by atoms with van der Waals surface area (Å²) in [6.07, 6.45) is 0.647. The third-order valence-corrected chi connectivity index (χ3v) is 5.95. The Balaban J connectivity index is 1.28. The lowest BCUT2D eigenvalue weighted by Crippen LogP contribution is -2.14.